The van der Waals surface area contributed by atoms with Crippen molar-refractivity contribution in [2.45, 2.75) is 0 Å². The third-order valence-corrected chi connectivity index (χ3v) is 0.744. The van der Waals surface area contributed by atoms with Gasteiger partial charge in [0.15, 0.2) is 0 Å². The van der Waals surface area contributed by atoms with Crippen molar-refractivity contribution in [3.05, 3.63) is 0 Å². The Bertz CT molecular complexity index is 26.8. The van der Waals surface area contributed by atoms with Gasteiger partial charge in [-0.3, -0.25) is 0 Å². The second kappa shape index (κ2) is 6.84. The molecule has 1 aliphatic rings. The van der Waals surface area contributed by atoms with Crippen LogP contribution in [0.25, 0.3) is 0 Å². The first-order chi connectivity index (χ1) is 3.00. The average molecular weight is 123 g/mol. The van der Waals surface area contributed by atoms with E-state index >= 15 is 0 Å². The fourth-order valence-electron chi connectivity index (χ4n) is 0.440. The minimum Gasteiger partial charge on any atom is -0.412 e. The lowest BCUT2D eigenvalue weighted by Crippen LogP contribution is -2.16. The summed E-state index contributed by atoms with van der Waals surface area (Å²) in [5, 5.41) is 0. The maximum atomic E-state index is 4.94. The van der Waals surface area contributed by atoms with Gasteiger partial charge in [-0.05, 0) is 0 Å². The van der Waals surface area contributed by atoms with Crippen LogP contribution in [0.15, 0.2) is 0 Å². The minimum absolute atomic E-state index is 0. The molecule has 1 rings (SSSR count). The SMILES string of the molecule is C1COCCO1.N.O. The van der Waals surface area contributed by atoms with E-state index in [2.05, 4.69) is 0 Å². The Kier molecular flexibility index (Phi) is 9.20. The van der Waals surface area contributed by atoms with Crippen LogP contribution in [0.1, 0.15) is 0 Å². The van der Waals surface area contributed by atoms with E-state index in [9.17, 15) is 0 Å². The van der Waals surface area contributed by atoms with E-state index in [-0.39, 0.29) is 11.6 Å². The zero-order valence-corrected chi connectivity index (χ0v) is 4.85. The summed E-state index contributed by atoms with van der Waals surface area (Å²) in [6.07, 6.45) is 0. The second-order valence-electron chi connectivity index (χ2n) is 1.22. The third kappa shape index (κ3) is 4.01. The molecule has 0 aromatic rings. The largest absolute Gasteiger partial charge is 0.412 e. The van der Waals surface area contributed by atoms with Crippen LogP contribution < -0.4 is 6.15 Å². The first-order valence-corrected chi connectivity index (χ1v) is 2.15. The van der Waals surface area contributed by atoms with Crippen LogP contribution in [0.2, 0.25) is 0 Å². The third-order valence-electron chi connectivity index (χ3n) is 0.744. The molecule has 1 aliphatic heterocycles. The van der Waals surface area contributed by atoms with Crippen LogP contribution >= 0.6 is 0 Å². The molecule has 8 heavy (non-hydrogen) atoms. The molecule has 0 bridgehead atoms. The van der Waals surface area contributed by atoms with Gasteiger partial charge in [0.1, 0.15) is 0 Å². The topological polar surface area (TPSA) is 85.0 Å². The van der Waals surface area contributed by atoms with E-state index in [4.69, 9.17) is 9.47 Å². The van der Waals surface area contributed by atoms with E-state index in [1.165, 1.54) is 0 Å². The fraction of sp³-hybridized carbons (Fsp3) is 1.00. The number of hydrogen-bond donors (Lipinski definition) is 1. The summed E-state index contributed by atoms with van der Waals surface area (Å²) in [5.41, 5.74) is 0. The number of ether oxygens (including phenoxy) is 2. The highest BCUT2D eigenvalue weighted by atomic mass is 16.6. The number of rotatable bonds is 0. The van der Waals surface area contributed by atoms with E-state index in [0.29, 0.717) is 0 Å². The lowest BCUT2D eigenvalue weighted by Gasteiger charge is -2.09. The summed E-state index contributed by atoms with van der Waals surface area (Å²) in [5.74, 6) is 0. The molecule has 0 spiro atoms. The van der Waals surface area contributed by atoms with Crippen LogP contribution in [0.3, 0.4) is 0 Å². The summed E-state index contributed by atoms with van der Waals surface area (Å²) in [7, 11) is 0. The standard InChI is InChI=1S/C4H8O2.H3N.H2O/c1-2-6-4-3-5-1;;/h1-4H2;1H3;1H2. The van der Waals surface area contributed by atoms with Gasteiger partial charge in [0.2, 0.25) is 0 Å². The van der Waals surface area contributed by atoms with E-state index in [0.717, 1.165) is 26.4 Å². The molecule has 1 saturated heterocycles. The van der Waals surface area contributed by atoms with Gasteiger partial charge in [-0.2, -0.15) is 0 Å². The molecule has 0 saturated carbocycles. The van der Waals surface area contributed by atoms with Gasteiger partial charge in [0.25, 0.3) is 0 Å². The van der Waals surface area contributed by atoms with Gasteiger partial charge in [-0.1, -0.05) is 0 Å². The summed E-state index contributed by atoms with van der Waals surface area (Å²) in [6, 6.07) is 0. The van der Waals surface area contributed by atoms with Gasteiger partial charge in [-0.15, -0.1) is 0 Å². The Balaban J connectivity index is 0. The van der Waals surface area contributed by atoms with E-state index in [1.54, 1.807) is 0 Å². The quantitative estimate of drug-likeness (QED) is 0.465. The lowest BCUT2D eigenvalue weighted by molar-refractivity contribution is -0.0334. The lowest BCUT2D eigenvalue weighted by atomic mass is 10.6. The smallest absolute Gasteiger partial charge is 0.0701 e. The Morgan fingerprint density at radius 3 is 1.12 bits per heavy atom. The van der Waals surface area contributed by atoms with Crippen LogP contribution in [0.5, 0.6) is 0 Å². The Labute approximate surface area is 48.7 Å². The van der Waals surface area contributed by atoms with Crippen LogP contribution in [-0.4, -0.2) is 31.9 Å². The van der Waals surface area contributed by atoms with Crippen molar-refractivity contribution in [3.8, 4) is 0 Å². The number of hydrogen-bond acceptors (Lipinski definition) is 3. The Morgan fingerprint density at radius 2 is 1.00 bits per heavy atom. The molecule has 0 aliphatic carbocycles. The van der Waals surface area contributed by atoms with Crippen molar-refractivity contribution in [1.29, 1.82) is 0 Å². The monoisotopic (exact) mass is 123 g/mol. The summed E-state index contributed by atoms with van der Waals surface area (Å²) in [4.78, 5) is 0. The van der Waals surface area contributed by atoms with E-state index in [1.807, 2.05) is 0 Å². The van der Waals surface area contributed by atoms with Gasteiger partial charge >= 0.3 is 0 Å². The predicted molar refractivity (Wildman–Crippen MR) is 30.3 cm³/mol. The molecule has 0 unspecified atom stereocenters. The fourth-order valence-corrected chi connectivity index (χ4v) is 0.440. The molecule has 5 N–H and O–H groups in total. The van der Waals surface area contributed by atoms with Crippen molar-refractivity contribution in [2.75, 3.05) is 26.4 Å². The first-order valence-electron chi connectivity index (χ1n) is 2.15. The van der Waals surface area contributed by atoms with Crippen molar-refractivity contribution in [2.24, 2.45) is 0 Å². The summed E-state index contributed by atoms with van der Waals surface area (Å²) in [6.45, 7) is 3.11. The minimum atomic E-state index is 0. The van der Waals surface area contributed by atoms with Crippen LogP contribution in [0, 0.1) is 0 Å². The highest BCUT2D eigenvalue weighted by Gasteiger charge is 1.94. The zero-order chi connectivity index (χ0) is 4.24. The van der Waals surface area contributed by atoms with Crippen molar-refractivity contribution in [3.63, 3.8) is 0 Å². The van der Waals surface area contributed by atoms with Crippen LogP contribution in [-0.2, 0) is 9.47 Å². The molecule has 0 aromatic carbocycles. The molecule has 4 heteroatoms. The van der Waals surface area contributed by atoms with Gasteiger partial charge in [0.05, 0.1) is 26.4 Å². The molecular weight excluding hydrogens is 110 g/mol. The van der Waals surface area contributed by atoms with Crippen molar-refractivity contribution >= 4 is 0 Å². The molecule has 0 aromatic heterocycles. The molecule has 0 amide bonds. The van der Waals surface area contributed by atoms with Gasteiger partial charge in [0, 0.05) is 0 Å². The molecule has 52 valence electrons. The Morgan fingerprint density at radius 1 is 0.750 bits per heavy atom. The summed E-state index contributed by atoms with van der Waals surface area (Å²) < 4.78 is 9.89. The molecular formula is C4H13NO3. The van der Waals surface area contributed by atoms with Gasteiger partial charge < -0.3 is 21.1 Å². The first kappa shape index (κ1) is 10.8. The average Bonchev–Trinajstić information content (AvgIpc) is 1.72. The molecule has 0 radical (unpaired) electrons. The molecule has 1 heterocycles. The maximum Gasteiger partial charge on any atom is 0.0701 e. The normalized spacial score (nSPS) is 18.0. The molecule has 0 atom stereocenters. The molecule has 1 fully saturated rings. The second-order valence-corrected chi connectivity index (χ2v) is 1.22. The Hall–Kier alpha value is -0.160. The van der Waals surface area contributed by atoms with Gasteiger partial charge in [-0.25, -0.2) is 0 Å². The molecule has 4 nitrogen and oxygen atoms in total. The highest BCUT2D eigenvalue weighted by Crippen LogP contribution is 1.85. The van der Waals surface area contributed by atoms with Crippen molar-refractivity contribution < 1.29 is 14.9 Å². The summed E-state index contributed by atoms with van der Waals surface area (Å²) >= 11 is 0. The maximum absolute atomic E-state index is 4.94. The van der Waals surface area contributed by atoms with Crippen LogP contribution in [0.4, 0.5) is 0 Å². The zero-order valence-electron chi connectivity index (χ0n) is 4.85. The van der Waals surface area contributed by atoms with E-state index < -0.39 is 0 Å². The highest BCUT2D eigenvalue weighted by molar-refractivity contribution is 4.37. The van der Waals surface area contributed by atoms with Crippen molar-refractivity contribution in [1.82, 2.24) is 6.15 Å². The predicted octanol–water partition coefficient (Wildman–Crippen LogP) is -0.629.